The van der Waals surface area contributed by atoms with E-state index >= 15 is 0 Å². The molecule has 29 heavy (non-hydrogen) atoms. The van der Waals surface area contributed by atoms with Gasteiger partial charge >= 0.3 is 0 Å². The monoisotopic (exact) mass is 412 g/mol. The van der Waals surface area contributed by atoms with Gasteiger partial charge in [-0.1, -0.05) is 50.2 Å². The average Bonchev–Trinajstić information content (AvgIpc) is 3.40. The summed E-state index contributed by atoms with van der Waals surface area (Å²) in [4.78, 5) is 18.0. The molecule has 3 rings (SSSR count). The van der Waals surface area contributed by atoms with Crippen LogP contribution in [-0.2, 0) is 17.9 Å². The van der Waals surface area contributed by atoms with E-state index in [-0.39, 0.29) is 5.91 Å². The molecular formula is C22H28N4O2S. The van der Waals surface area contributed by atoms with Gasteiger partial charge in [-0.15, -0.1) is 21.5 Å². The standard InChI is InChI=1S/C22H28N4O2S/c1-3-12-25(15-18-9-6-5-7-10-18)17-21(27)26(13-4-2)16-20-23-24-22(28-20)19-11-8-14-29-19/h5-11,14H,3-4,12-13,15-17H2,1-2H3. The van der Waals surface area contributed by atoms with Crippen molar-refractivity contribution in [3.63, 3.8) is 0 Å². The van der Waals surface area contributed by atoms with Crippen molar-refractivity contribution in [3.8, 4) is 10.8 Å². The quantitative estimate of drug-likeness (QED) is 0.466. The lowest BCUT2D eigenvalue weighted by Gasteiger charge is -2.26. The highest BCUT2D eigenvalue weighted by Gasteiger charge is 2.20. The molecule has 3 aromatic rings. The van der Waals surface area contributed by atoms with Gasteiger partial charge in [0.05, 0.1) is 18.0 Å². The summed E-state index contributed by atoms with van der Waals surface area (Å²) >= 11 is 1.56. The SMILES string of the molecule is CCCN(CC(=O)N(CCC)Cc1nnc(-c2cccs2)o1)Cc1ccccc1. The third-order valence-corrected chi connectivity index (χ3v) is 5.38. The molecule has 0 unspecified atom stereocenters. The first kappa shape index (κ1) is 21.2. The van der Waals surface area contributed by atoms with E-state index < -0.39 is 0 Å². The van der Waals surface area contributed by atoms with Crippen molar-refractivity contribution in [1.82, 2.24) is 20.0 Å². The Morgan fingerprint density at radius 2 is 1.79 bits per heavy atom. The van der Waals surface area contributed by atoms with Crippen LogP contribution in [0.1, 0.15) is 38.1 Å². The summed E-state index contributed by atoms with van der Waals surface area (Å²) in [6, 6.07) is 14.2. The molecule has 0 radical (unpaired) electrons. The van der Waals surface area contributed by atoms with Crippen molar-refractivity contribution < 1.29 is 9.21 Å². The number of carbonyl (C=O) groups excluding carboxylic acids is 1. The Kier molecular flexibility index (Phi) is 7.95. The molecule has 0 saturated heterocycles. The molecule has 6 nitrogen and oxygen atoms in total. The highest BCUT2D eigenvalue weighted by atomic mass is 32.1. The Balaban J connectivity index is 1.64. The van der Waals surface area contributed by atoms with Crippen molar-refractivity contribution in [2.75, 3.05) is 19.6 Å². The van der Waals surface area contributed by atoms with Crippen LogP contribution < -0.4 is 0 Å². The molecule has 0 N–H and O–H groups in total. The zero-order chi connectivity index (χ0) is 20.5. The van der Waals surface area contributed by atoms with Gasteiger partial charge in [0.15, 0.2) is 0 Å². The summed E-state index contributed by atoms with van der Waals surface area (Å²) in [5, 5.41) is 10.2. The van der Waals surface area contributed by atoms with Gasteiger partial charge in [0, 0.05) is 13.1 Å². The van der Waals surface area contributed by atoms with Crippen molar-refractivity contribution >= 4 is 17.2 Å². The molecule has 154 valence electrons. The number of thiophene rings is 1. The van der Waals surface area contributed by atoms with Gasteiger partial charge in [-0.3, -0.25) is 9.69 Å². The number of carbonyl (C=O) groups is 1. The Morgan fingerprint density at radius 3 is 2.48 bits per heavy atom. The lowest BCUT2D eigenvalue weighted by Crippen LogP contribution is -2.40. The lowest BCUT2D eigenvalue weighted by molar-refractivity contribution is -0.133. The third-order valence-electron chi connectivity index (χ3n) is 4.52. The molecular weight excluding hydrogens is 384 g/mol. The summed E-state index contributed by atoms with van der Waals surface area (Å²) in [5.41, 5.74) is 1.22. The number of rotatable bonds is 11. The first-order valence-corrected chi connectivity index (χ1v) is 11.0. The molecule has 0 aliphatic rings. The number of benzene rings is 1. The molecule has 2 aromatic heterocycles. The van der Waals surface area contributed by atoms with Gasteiger partial charge in [-0.2, -0.15) is 0 Å². The van der Waals surface area contributed by atoms with E-state index in [4.69, 9.17) is 4.42 Å². The van der Waals surface area contributed by atoms with Gasteiger partial charge in [0.2, 0.25) is 11.8 Å². The maximum atomic E-state index is 13.0. The van der Waals surface area contributed by atoms with Crippen LogP contribution in [0.4, 0.5) is 0 Å². The van der Waals surface area contributed by atoms with Crippen LogP contribution in [0.3, 0.4) is 0 Å². The number of aromatic nitrogens is 2. The molecule has 0 spiro atoms. The summed E-state index contributed by atoms with van der Waals surface area (Å²) in [7, 11) is 0. The topological polar surface area (TPSA) is 62.5 Å². The second kappa shape index (κ2) is 10.9. The van der Waals surface area contributed by atoms with Gasteiger partial charge in [-0.05, 0) is 36.4 Å². The van der Waals surface area contributed by atoms with E-state index in [0.717, 1.165) is 30.8 Å². The second-order valence-corrected chi connectivity index (χ2v) is 7.94. The largest absolute Gasteiger partial charge is 0.418 e. The van der Waals surface area contributed by atoms with Crippen molar-refractivity contribution in [1.29, 1.82) is 0 Å². The van der Waals surface area contributed by atoms with Gasteiger partial charge in [0.1, 0.15) is 0 Å². The first-order valence-electron chi connectivity index (χ1n) is 10.1. The molecule has 7 heteroatoms. The van der Waals surface area contributed by atoms with E-state index in [1.165, 1.54) is 5.56 Å². The maximum Gasteiger partial charge on any atom is 0.257 e. The fraction of sp³-hybridized carbons (Fsp3) is 0.409. The summed E-state index contributed by atoms with van der Waals surface area (Å²) in [6.45, 7) is 7.24. The zero-order valence-corrected chi connectivity index (χ0v) is 17.9. The molecule has 0 aliphatic heterocycles. The normalized spacial score (nSPS) is 11.1. The highest BCUT2D eigenvalue weighted by Crippen LogP contribution is 2.23. The number of hydrogen-bond acceptors (Lipinski definition) is 6. The van der Waals surface area contributed by atoms with Gasteiger partial charge < -0.3 is 9.32 Å². The Morgan fingerprint density at radius 1 is 1.00 bits per heavy atom. The fourth-order valence-corrected chi connectivity index (χ4v) is 3.85. The summed E-state index contributed by atoms with van der Waals surface area (Å²) in [5.74, 6) is 1.07. The number of hydrogen-bond donors (Lipinski definition) is 0. The molecule has 0 bridgehead atoms. The van der Waals surface area contributed by atoms with E-state index in [9.17, 15) is 4.79 Å². The summed E-state index contributed by atoms with van der Waals surface area (Å²) in [6.07, 6.45) is 1.88. The third kappa shape index (κ3) is 6.24. The average molecular weight is 413 g/mol. The van der Waals surface area contributed by atoms with E-state index in [2.05, 4.69) is 41.1 Å². The van der Waals surface area contributed by atoms with Crippen molar-refractivity contribution in [2.24, 2.45) is 0 Å². The van der Waals surface area contributed by atoms with Crippen LogP contribution in [0.15, 0.2) is 52.3 Å². The van der Waals surface area contributed by atoms with Gasteiger partial charge in [0.25, 0.3) is 5.89 Å². The lowest BCUT2D eigenvalue weighted by atomic mass is 10.2. The van der Waals surface area contributed by atoms with Crippen LogP contribution in [-0.4, -0.2) is 45.5 Å². The fourth-order valence-electron chi connectivity index (χ4n) is 3.21. The number of nitrogens with zero attached hydrogens (tertiary/aromatic N) is 4. The van der Waals surface area contributed by atoms with Crippen LogP contribution in [0, 0.1) is 0 Å². The van der Waals surface area contributed by atoms with E-state index in [0.29, 0.717) is 31.4 Å². The first-order chi connectivity index (χ1) is 14.2. The molecule has 2 heterocycles. The predicted octanol–water partition coefficient (Wildman–Crippen LogP) is 4.45. The van der Waals surface area contributed by atoms with E-state index in [1.54, 1.807) is 11.3 Å². The molecule has 1 aromatic carbocycles. The minimum Gasteiger partial charge on any atom is -0.418 e. The zero-order valence-electron chi connectivity index (χ0n) is 17.1. The minimum atomic E-state index is 0.0899. The second-order valence-electron chi connectivity index (χ2n) is 6.99. The Bertz CT molecular complexity index is 864. The Hall–Kier alpha value is -2.51. The molecule has 1 amide bonds. The van der Waals surface area contributed by atoms with Crippen LogP contribution in [0.25, 0.3) is 10.8 Å². The van der Waals surface area contributed by atoms with Crippen molar-refractivity contribution in [2.45, 2.75) is 39.8 Å². The molecule has 0 saturated carbocycles. The number of amides is 1. The maximum absolute atomic E-state index is 13.0. The smallest absolute Gasteiger partial charge is 0.257 e. The van der Waals surface area contributed by atoms with Crippen molar-refractivity contribution in [3.05, 3.63) is 59.3 Å². The summed E-state index contributed by atoms with van der Waals surface area (Å²) < 4.78 is 5.78. The van der Waals surface area contributed by atoms with Gasteiger partial charge in [-0.25, -0.2) is 0 Å². The highest BCUT2D eigenvalue weighted by molar-refractivity contribution is 7.13. The van der Waals surface area contributed by atoms with Crippen LogP contribution in [0.2, 0.25) is 0 Å². The predicted molar refractivity (Wildman–Crippen MR) is 115 cm³/mol. The Labute approximate surface area is 176 Å². The molecule has 0 fully saturated rings. The van der Waals surface area contributed by atoms with E-state index in [1.807, 2.05) is 40.6 Å². The molecule has 0 aliphatic carbocycles. The molecule has 0 atom stereocenters. The van der Waals surface area contributed by atoms with Crippen LogP contribution >= 0.6 is 11.3 Å². The van der Waals surface area contributed by atoms with Crippen LogP contribution in [0.5, 0.6) is 0 Å². The minimum absolute atomic E-state index is 0.0899.